The number of carbonyl (C=O) groups excluding carboxylic acids is 1. The van der Waals surface area contributed by atoms with Crippen molar-refractivity contribution >= 4 is 33.4 Å². The van der Waals surface area contributed by atoms with Crippen molar-refractivity contribution in [3.05, 3.63) is 69.2 Å². The lowest BCUT2D eigenvalue weighted by molar-refractivity contribution is -0.122. The van der Waals surface area contributed by atoms with Crippen molar-refractivity contribution in [1.29, 1.82) is 0 Å². The van der Waals surface area contributed by atoms with E-state index in [9.17, 15) is 4.79 Å². The predicted molar refractivity (Wildman–Crippen MR) is 88.3 cm³/mol. The zero-order valence-electron chi connectivity index (χ0n) is 11.4. The maximum atomic E-state index is 12.2. The second-order valence-corrected chi connectivity index (χ2v) is 6.64. The number of benzene rings is 2. The lowest BCUT2D eigenvalue weighted by Gasteiger charge is -2.06. The third-order valence-electron chi connectivity index (χ3n) is 3.79. The van der Waals surface area contributed by atoms with Crippen LogP contribution >= 0.6 is 27.5 Å². The van der Waals surface area contributed by atoms with E-state index >= 15 is 0 Å². The number of hydrogen-bond donors (Lipinski definition) is 1. The zero-order chi connectivity index (χ0) is 14.8. The molecular formula is C17H15BrClNO. The Morgan fingerprint density at radius 1 is 1.24 bits per heavy atom. The molecule has 1 saturated carbocycles. The topological polar surface area (TPSA) is 29.1 Å². The quantitative estimate of drug-likeness (QED) is 0.849. The molecule has 0 aliphatic heterocycles. The molecule has 1 amide bonds. The number of hydrogen-bond acceptors (Lipinski definition) is 1. The highest BCUT2D eigenvalue weighted by atomic mass is 79.9. The maximum Gasteiger partial charge on any atom is 0.224 e. The van der Waals surface area contributed by atoms with Crippen LogP contribution in [-0.4, -0.2) is 5.91 Å². The predicted octanol–water partition coefficient (Wildman–Crippen LogP) is 4.52. The molecule has 0 aromatic heterocycles. The summed E-state index contributed by atoms with van der Waals surface area (Å²) < 4.78 is 1.02. The van der Waals surface area contributed by atoms with E-state index in [-0.39, 0.29) is 17.7 Å². The number of halogens is 2. The van der Waals surface area contributed by atoms with Crippen molar-refractivity contribution in [2.75, 3.05) is 0 Å². The molecule has 2 nitrogen and oxygen atoms in total. The Hall–Kier alpha value is -1.32. The fraction of sp³-hybridized carbons (Fsp3) is 0.235. The summed E-state index contributed by atoms with van der Waals surface area (Å²) in [5.41, 5.74) is 2.18. The minimum atomic E-state index is 0.0528. The Bertz CT molecular complexity index is 673. The van der Waals surface area contributed by atoms with Gasteiger partial charge >= 0.3 is 0 Å². The number of nitrogens with one attached hydrogen (secondary N) is 1. The van der Waals surface area contributed by atoms with Gasteiger partial charge in [0.2, 0.25) is 5.91 Å². The van der Waals surface area contributed by atoms with E-state index in [4.69, 9.17) is 11.6 Å². The summed E-state index contributed by atoms with van der Waals surface area (Å²) in [4.78, 5) is 12.2. The van der Waals surface area contributed by atoms with Gasteiger partial charge in [-0.25, -0.2) is 0 Å². The van der Waals surface area contributed by atoms with E-state index in [1.54, 1.807) is 0 Å². The fourth-order valence-electron chi connectivity index (χ4n) is 2.57. The SMILES string of the molecule is O=C(NCc1cccc(Br)c1)C1CC1c1ccccc1Cl. The minimum Gasteiger partial charge on any atom is -0.352 e. The molecule has 2 unspecified atom stereocenters. The Labute approximate surface area is 137 Å². The van der Waals surface area contributed by atoms with Crippen LogP contribution in [-0.2, 0) is 11.3 Å². The first-order chi connectivity index (χ1) is 10.1. The molecule has 1 aliphatic rings. The Balaban J connectivity index is 1.57. The molecule has 0 saturated heterocycles. The van der Waals surface area contributed by atoms with Gasteiger partial charge in [0.15, 0.2) is 0 Å². The highest BCUT2D eigenvalue weighted by molar-refractivity contribution is 9.10. The fourth-order valence-corrected chi connectivity index (χ4v) is 3.29. The first-order valence-corrected chi connectivity index (χ1v) is 8.09. The van der Waals surface area contributed by atoms with Gasteiger partial charge in [0, 0.05) is 22.0 Å². The van der Waals surface area contributed by atoms with E-state index in [1.165, 1.54) is 0 Å². The van der Waals surface area contributed by atoms with Crippen LogP contribution in [0.3, 0.4) is 0 Å². The Morgan fingerprint density at radius 3 is 2.81 bits per heavy atom. The molecule has 2 aromatic carbocycles. The second kappa shape index (κ2) is 6.20. The molecule has 2 atom stereocenters. The summed E-state index contributed by atoms with van der Waals surface area (Å²) in [5.74, 6) is 0.429. The van der Waals surface area contributed by atoms with Gasteiger partial charge in [0.25, 0.3) is 0 Å². The largest absolute Gasteiger partial charge is 0.352 e. The first kappa shape index (κ1) is 14.6. The molecule has 0 spiro atoms. The Morgan fingerprint density at radius 2 is 2.05 bits per heavy atom. The zero-order valence-corrected chi connectivity index (χ0v) is 13.7. The van der Waals surface area contributed by atoms with Crippen molar-refractivity contribution in [2.24, 2.45) is 5.92 Å². The molecule has 0 radical (unpaired) electrons. The lowest BCUT2D eigenvalue weighted by Crippen LogP contribution is -2.24. The number of amides is 1. The molecule has 21 heavy (non-hydrogen) atoms. The van der Waals surface area contributed by atoms with Crippen LogP contribution < -0.4 is 5.32 Å². The van der Waals surface area contributed by atoms with E-state index in [0.29, 0.717) is 6.54 Å². The van der Waals surface area contributed by atoms with Gasteiger partial charge in [-0.3, -0.25) is 4.79 Å². The summed E-state index contributed by atoms with van der Waals surface area (Å²) >= 11 is 9.61. The molecule has 1 aliphatic carbocycles. The monoisotopic (exact) mass is 363 g/mol. The molecule has 1 fully saturated rings. The van der Waals surface area contributed by atoms with E-state index in [0.717, 1.165) is 27.0 Å². The smallest absolute Gasteiger partial charge is 0.224 e. The van der Waals surface area contributed by atoms with E-state index < -0.39 is 0 Å². The molecule has 4 heteroatoms. The molecule has 1 N–H and O–H groups in total. The van der Waals surface area contributed by atoms with Crippen LogP contribution in [0, 0.1) is 5.92 Å². The highest BCUT2D eigenvalue weighted by Crippen LogP contribution is 2.49. The standard InChI is InChI=1S/C17H15BrClNO/c18-12-5-3-4-11(8-12)10-20-17(21)15-9-14(15)13-6-1-2-7-16(13)19/h1-8,14-15H,9-10H2,(H,20,21). The van der Waals surface area contributed by atoms with Gasteiger partial charge in [-0.05, 0) is 41.7 Å². The van der Waals surface area contributed by atoms with Crippen molar-refractivity contribution < 1.29 is 4.79 Å². The molecule has 0 heterocycles. The van der Waals surface area contributed by atoms with Crippen molar-refractivity contribution in [3.63, 3.8) is 0 Å². The third-order valence-corrected chi connectivity index (χ3v) is 4.63. The highest BCUT2D eigenvalue weighted by Gasteiger charge is 2.44. The van der Waals surface area contributed by atoms with Crippen molar-refractivity contribution in [3.8, 4) is 0 Å². The summed E-state index contributed by atoms with van der Waals surface area (Å²) in [7, 11) is 0. The Kier molecular flexibility index (Phi) is 4.32. The van der Waals surface area contributed by atoms with Crippen LogP contribution in [0.25, 0.3) is 0 Å². The summed E-state index contributed by atoms with van der Waals surface area (Å²) in [5, 5.41) is 3.76. The molecule has 2 aromatic rings. The summed E-state index contributed by atoms with van der Waals surface area (Å²) in [6, 6.07) is 15.7. The van der Waals surface area contributed by atoms with Gasteiger partial charge in [-0.15, -0.1) is 0 Å². The van der Waals surface area contributed by atoms with Crippen LogP contribution in [0.5, 0.6) is 0 Å². The molecule has 108 valence electrons. The lowest BCUT2D eigenvalue weighted by atomic mass is 10.1. The van der Waals surface area contributed by atoms with Crippen LogP contribution in [0.1, 0.15) is 23.5 Å². The average Bonchev–Trinajstić information content (AvgIpc) is 3.26. The van der Waals surface area contributed by atoms with E-state index in [1.807, 2.05) is 48.5 Å². The average molecular weight is 365 g/mol. The summed E-state index contributed by atoms with van der Waals surface area (Å²) in [6.45, 7) is 0.560. The van der Waals surface area contributed by atoms with Crippen molar-refractivity contribution in [1.82, 2.24) is 5.32 Å². The normalized spacial score (nSPS) is 20.1. The number of carbonyl (C=O) groups is 1. The molecule has 0 bridgehead atoms. The van der Waals surface area contributed by atoms with Gasteiger partial charge in [-0.2, -0.15) is 0 Å². The van der Waals surface area contributed by atoms with Gasteiger partial charge in [0.1, 0.15) is 0 Å². The van der Waals surface area contributed by atoms with E-state index in [2.05, 4.69) is 21.2 Å². The van der Waals surface area contributed by atoms with Crippen molar-refractivity contribution in [2.45, 2.75) is 18.9 Å². The maximum absolute atomic E-state index is 12.2. The van der Waals surface area contributed by atoms with Gasteiger partial charge in [0.05, 0.1) is 0 Å². The number of rotatable bonds is 4. The van der Waals surface area contributed by atoms with Crippen LogP contribution in [0.4, 0.5) is 0 Å². The molecule has 3 rings (SSSR count). The molecular weight excluding hydrogens is 350 g/mol. The third kappa shape index (κ3) is 3.47. The second-order valence-electron chi connectivity index (χ2n) is 5.32. The van der Waals surface area contributed by atoms with Gasteiger partial charge in [-0.1, -0.05) is 57.9 Å². The first-order valence-electron chi connectivity index (χ1n) is 6.92. The minimum absolute atomic E-state index is 0.0528. The van der Waals surface area contributed by atoms with Crippen LogP contribution in [0.2, 0.25) is 5.02 Å². The van der Waals surface area contributed by atoms with Crippen LogP contribution in [0.15, 0.2) is 53.0 Å². The summed E-state index contributed by atoms with van der Waals surface area (Å²) in [6.07, 6.45) is 0.883. The van der Waals surface area contributed by atoms with Gasteiger partial charge < -0.3 is 5.32 Å².